The second kappa shape index (κ2) is 8.39. The fourth-order valence-electron chi connectivity index (χ4n) is 4.26. The SMILES string of the molecule is COc1cccc([C@H]2Oc3ccc(Br)cc3[C@@H]3CC(c4ccc(OC)c(OC)c4)=NN23)c1. The molecule has 5 rings (SSSR count). The standard InChI is InChI=1S/C25H23BrN2O4/c1-29-18-6-4-5-16(11-18)25-28-21(19-13-17(26)8-10-22(19)32-25)14-20(27-28)15-7-9-23(30-2)24(12-15)31-3/h4-13,21,25H,14H2,1-3H3/t21-,25+/m0/s1. The largest absolute Gasteiger partial charge is 0.497 e. The average molecular weight is 495 g/mol. The van der Waals surface area contributed by atoms with Crippen molar-refractivity contribution >= 4 is 21.6 Å². The van der Waals surface area contributed by atoms with E-state index in [1.165, 1.54) is 0 Å². The predicted octanol–water partition coefficient (Wildman–Crippen LogP) is 5.72. The van der Waals surface area contributed by atoms with E-state index >= 15 is 0 Å². The summed E-state index contributed by atoms with van der Waals surface area (Å²) in [6.45, 7) is 0. The number of hydrogen-bond acceptors (Lipinski definition) is 6. The van der Waals surface area contributed by atoms with Crippen molar-refractivity contribution < 1.29 is 18.9 Å². The highest BCUT2D eigenvalue weighted by molar-refractivity contribution is 9.10. The third kappa shape index (κ3) is 3.56. The summed E-state index contributed by atoms with van der Waals surface area (Å²) in [7, 11) is 4.94. The molecule has 0 fully saturated rings. The van der Waals surface area contributed by atoms with Gasteiger partial charge in [-0.3, -0.25) is 0 Å². The van der Waals surface area contributed by atoms with Crippen molar-refractivity contribution in [1.29, 1.82) is 0 Å². The molecule has 7 heteroatoms. The molecule has 0 N–H and O–H groups in total. The van der Waals surface area contributed by atoms with Gasteiger partial charge in [0.25, 0.3) is 0 Å². The molecule has 0 saturated carbocycles. The molecule has 3 aromatic carbocycles. The van der Waals surface area contributed by atoms with Gasteiger partial charge < -0.3 is 18.9 Å². The van der Waals surface area contributed by atoms with E-state index in [2.05, 4.69) is 27.0 Å². The third-order valence-electron chi connectivity index (χ3n) is 5.85. The van der Waals surface area contributed by atoms with Gasteiger partial charge in [-0.15, -0.1) is 0 Å². The Kier molecular flexibility index (Phi) is 5.43. The zero-order chi connectivity index (χ0) is 22.2. The highest BCUT2D eigenvalue weighted by atomic mass is 79.9. The van der Waals surface area contributed by atoms with Crippen LogP contribution in [0.15, 0.2) is 70.2 Å². The molecule has 3 aromatic rings. The van der Waals surface area contributed by atoms with Crippen LogP contribution in [0.5, 0.6) is 23.0 Å². The van der Waals surface area contributed by atoms with Crippen LogP contribution in [0, 0.1) is 0 Å². The summed E-state index contributed by atoms with van der Waals surface area (Å²) in [6, 6.07) is 20.0. The van der Waals surface area contributed by atoms with E-state index in [0.29, 0.717) is 11.5 Å². The lowest BCUT2D eigenvalue weighted by Crippen LogP contribution is -2.33. The summed E-state index contributed by atoms with van der Waals surface area (Å²) >= 11 is 3.60. The van der Waals surface area contributed by atoms with Gasteiger partial charge in [-0.2, -0.15) is 5.10 Å². The van der Waals surface area contributed by atoms with E-state index in [9.17, 15) is 0 Å². The van der Waals surface area contributed by atoms with Crippen LogP contribution in [0.4, 0.5) is 0 Å². The topological polar surface area (TPSA) is 52.5 Å². The van der Waals surface area contributed by atoms with Crippen molar-refractivity contribution in [3.05, 3.63) is 81.8 Å². The van der Waals surface area contributed by atoms with Crippen LogP contribution in [-0.2, 0) is 0 Å². The maximum Gasteiger partial charge on any atom is 0.214 e. The number of fused-ring (bicyclic) bond motifs is 3. The first-order valence-corrected chi connectivity index (χ1v) is 11.1. The molecule has 0 aliphatic carbocycles. The molecule has 0 unspecified atom stereocenters. The number of nitrogens with zero attached hydrogens (tertiary/aromatic N) is 2. The van der Waals surface area contributed by atoms with Crippen molar-refractivity contribution in [3.63, 3.8) is 0 Å². The second-order valence-electron chi connectivity index (χ2n) is 7.65. The van der Waals surface area contributed by atoms with Crippen LogP contribution < -0.4 is 18.9 Å². The van der Waals surface area contributed by atoms with Crippen LogP contribution in [0.25, 0.3) is 0 Å². The van der Waals surface area contributed by atoms with Gasteiger partial charge in [-0.25, -0.2) is 5.01 Å². The fraction of sp³-hybridized carbons (Fsp3) is 0.240. The van der Waals surface area contributed by atoms with Crippen molar-refractivity contribution in [1.82, 2.24) is 5.01 Å². The van der Waals surface area contributed by atoms with E-state index in [-0.39, 0.29) is 12.3 Å². The van der Waals surface area contributed by atoms with Crippen LogP contribution >= 0.6 is 15.9 Å². The molecule has 6 nitrogen and oxygen atoms in total. The van der Waals surface area contributed by atoms with Crippen molar-refractivity contribution in [2.75, 3.05) is 21.3 Å². The Hall–Kier alpha value is -3.19. The molecule has 0 radical (unpaired) electrons. The lowest BCUT2D eigenvalue weighted by Gasteiger charge is -2.38. The normalized spacial score (nSPS) is 18.9. The number of rotatable bonds is 5. The van der Waals surface area contributed by atoms with E-state index in [1.807, 2.05) is 54.6 Å². The Bertz CT molecular complexity index is 1200. The second-order valence-corrected chi connectivity index (χ2v) is 8.56. The van der Waals surface area contributed by atoms with Crippen molar-refractivity contribution in [2.24, 2.45) is 5.10 Å². The lowest BCUT2D eigenvalue weighted by atomic mass is 9.95. The molecular formula is C25H23BrN2O4. The molecule has 0 amide bonds. The van der Waals surface area contributed by atoms with Crippen molar-refractivity contribution in [3.8, 4) is 23.0 Å². The van der Waals surface area contributed by atoms with E-state index in [1.54, 1.807) is 21.3 Å². The molecule has 2 atom stereocenters. The molecule has 164 valence electrons. The quantitative estimate of drug-likeness (QED) is 0.454. The molecule has 2 aliphatic heterocycles. The molecule has 0 saturated heterocycles. The van der Waals surface area contributed by atoms with E-state index in [0.717, 1.165) is 44.8 Å². The van der Waals surface area contributed by atoms with Crippen LogP contribution in [0.2, 0.25) is 0 Å². The average Bonchev–Trinajstić information content (AvgIpc) is 3.29. The number of halogens is 1. The number of methoxy groups -OCH3 is 3. The summed E-state index contributed by atoms with van der Waals surface area (Å²) in [6.07, 6.45) is 0.393. The van der Waals surface area contributed by atoms with Gasteiger partial charge >= 0.3 is 0 Å². The highest BCUT2D eigenvalue weighted by Gasteiger charge is 2.41. The van der Waals surface area contributed by atoms with Gasteiger partial charge in [-0.1, -0.05) is 28.1 Å². The highest BCUT2D eigenvalue weighted by Crippen LogP contribution is 2.48. The summed E-state index contributed by atoms with van der Waals surface area (Å²) in [5.41, 5.74) is 4.07. The van der Waals surface area contributed by atoms with Gasteiger partial charge in [0.15, 0.2) is 11.5 Å². The van der Waals surface area contributed by atoms with E-state index < -0.39 is 0 Å². The summed E-state index contributed by atoms with van der Waals surface area (Å²) in [5, 5.41) is 7.08. The summed E-state index contributed by atoms with van der Waals surface area (Å²) < 4.78 is 23.8. The lowest BCUT2D eigenvalue weighted by molar-refractivity contribution is -0.0191. The minimum Gasteiger partial charge on any atom is -0.497 e. The van der Waals surface area contributed by atoms with Crippen LogP contribution in [0.3, 0.4) is 0 Å². The monoisotopic (exact) mass is 494 g/mol. The molecule has 0 spiro atoms. The third-order valence-corrected chi connectivity index (χ3v) is 6.34. The van der Waals surface area contributed by atoms with Gasteiger partial charge in [-0.05, 0) is 48.5 Å². The first-order valence-electron chi connectivity index (χ1n) is 10.3. The predicted molar refractivity (Wildman–Crippen MR) is 126 cm³/mol. The Morgan fingerprint density at radius 2 is 1.78 bits per heavy atom. The maximum absolute atomic E-state index is 6.45. The van der Waals surface area contributed by atoms with Crippen LogP contribution in [0.1, 0.15) is 35.4 Å². The smallest absolute Gasteiger partial charge is 0.214 e. The molecule has 2 aliphatic rings. The summed E-state index contributed by atoms with van der Waals surface area (Å²) in [4.78, 5) is 0. The first kappa shape index (κ1) is 20.7. The molecule has 0 bridgehead atoms. The van der Waals surface area contributed by atoms with Gasteiger partial charge in [0.2, 0.25) is 6.23 Å². The molecule has 0 aromatic heterocycles. The number of hydrogen-bond donors (Lipinski definition) is 0. The molecule has 32 heavy (non-hydrogen) atoms. The Balaban J connectivity index is 1.59. The Morgan fingerprint density at radius 3 is 2.56 bits per heavy atom. The van der Waals surface area contributed by atoms with Gasteiger partial charge in [0.05, 0.1) is 33.1 Å². The number of benzene rings is 3. The van der Waals surface area contributed by atoms with Gasteiger partial charge in [0, 0.05) is 27.6 Å². The Labute approximate surface area is 195 Å². The molecular weight excluding hydrogens is 472 g/mol. The number of hydrazone groups is 1. The molecule has 2 heterocycles. The van der Waals surface area contributed by atoms with Crippen molar-refractivity contribution in [2.45, 2.75) is 18.7 Å². The zero-order valence-electron chi connectivity index (χ0n) is 18.0. The Morgan fingerprint density at radius 1 is 0.938 bits per heavy atom. The van der Waals surface area contributed by atoms with Gasteiger partial charge in [0.1, 0.15) is 11.5 Å². The van der Waals surface area contributed by atoms with Crippen LogP contribution in [-0.4, -0.2) is 32.0 Å². The zero-order valence-corrected chi connectivity index (χ0v) is 19.6. The summed E-state index contributed by atoms with van der Waals surface area (Å²) in [5.74, 6) is 3.03. The maximum atomic E-state index is 6.45. The minimum absolute atomic E-state index is 0.0514. The fourth-order valence-corrected chi connectivity index (χ4v) is 4.64. The van der Waals surface area contributed by atoms with E-state index in [4.69, 9.17) is 24.0 Å². The minimum atomic E-state index is -0.360. The number of ether oxygens (including phenoxy) is 4. The first-order chi connectivity index (χ1) is 15.6.